The lowest BCUT2D eigenvalue weighted by Crippen LogP contribution is -2.43. The number of amides is 1. The molecule has 2 saturated heterocycles. The van der Waals surface area contributed by atoms with E-state index in [1.54, 1.807) is 13.1 Å². The van der Waals surface area contributed by atoms with Crippen molar-refractivity contribution in [2.45, 2.75) is 57.3 Å². The molecule has 0 unspecified atom stereocenters. The predicted octanol–water partition coefficient (Wildman–Crippen LogP) is 1.53. The van der Waals surface area contributed by atoms with Crippen LogP contribution in [-0.4, -0.2) is 69.9 Å². The summed E-state index contributed by atoms with van der Waals surface area (Å²) in [6.07, 6.45) is 5.96. The first kappa shape index (κ1) is 16.4. The van der Waals surface area contributed by atoms with Crippen molar-refractivity contribution in [3.63, 3.8) is 0 Å². The van der Waals surface area contributed by atoms with Gasteiger partial charge in [0.15, 0.2) is 0 Å². The first-order valence-electron chi connectivity index (χ1n) is 9.08. The van der Waals surface area contributed by atoms with Gasteiger partial charge in [-0.1, -0.05) is 12.8 Å². The summed E-state index contributed by atoms with van der Waals surface area (Å²) in [5.41, 5.74) is 1.22. The highest BCUT2D eigenvalue weighted by Crippen LogP contribution is 2.34. The highest BCUT2D eigenvalue weighted by molar-refractivity contribution is 5.88. The van der Waals surface area contributed by atoms with Crippen molar-refractivity contribution >= 4 is 12.1 Å². The maximum Gasteiger partial charge on any atom is 0.410 e. The number of carbonyl (C=O) groups excluding carboxylic acids is 2. The van der Waals surface area contributed by atoms with E-state index in [1.165, 1.54) is 12.8 Å². The maximum atomic E-state index is 12.2. The Morgan fingerprint density at radius 3 is 2.96 bits per heavy atom. The number of fused-ring (bicyclic) bond motifs is 1. The Bertz CT molecular complexity index is 655. The number of aromatic nitrogens is 2. The molecule has 0 bridgehead atoms. The Hall–Kier alpha value is -2.09. The van der Waals surface area contributed by atoms with Crippen LogP contribution in [0.5, 0.6) is 0 Å². The average molecular weight is 348 g/mol. The molecule has 4 rings (SSSR count). The van der Waals surface area contributed by atoms with Gasteiger partial charge in [-0.25, -0.2) is 9.59 Å². The molecule has 0 aromatic carbocycles. The van der Waals surface area contributed by atoms with Crippen LogP contribution >= 0.6 is 0 Å². The highest BCUT2D eigenvalue weighted by atomic mass is 16.6. The molecule has 1 amide bonds. The number of rotatable bonds is 5. The number of nitrogens with one attached hydrogen (secondary N) is 1. The zero-order valence-corrected chi connectivity index (χ0v) is 14.4. The number of H-pyrrole nitrogens is 1. The summed E-state index contributed by atoms with van der Waals surface area (Å²) in [5.74, 6) is -0.381. The fourth-order valence-electron chi connectivity index (χ4n) is 4.32. The molecule has 0 spiro atoms. The van der Waals surface area contributed by atoms with Crippen molar-refractivity contribution in [3.8, 4) is 0 Å². The summed E-state index contributed by atoms with van der Waals surface area (Å²) >= 11 is 0. The first-order chi connectivity index (χ1) is 12.2. The fraction of sp³-hybridized carbons (Fsp3) is 0.706. The standard InChI is InChI=1S/C17H24N4O4/c1-2-24-16(22)15-11(7-18-19-15)8-20-9-13-14(10-20)25-17(23)21(13)12-5-3-4-6-12/h7,12-14H,2-6,8-10H2,1H3,(H,18,19)/t13-,14+/m1/s1. The molecular weight excluding hydrogens is 324 g/mol. The molecule has 1 saturated carbocycles. The van der Waals surface area contributed by atoms with E-state index < -0.39 is 0 Å². The number of hydrogen-bond donors (Lipinski definition) is 1. The number of ether oxygens (including phenoxy) is 2. The van der Waals surface area contributed by atoms with Gasteiger partial charge >= 0.3 is 12.1 Å². The lowest BCUT2D eigenvalue weighted by Gasteiger charge is -2.27. The van der Waals surface area contributed by atoms with Crippen LogP contribution in [0, 0.1) is 0 Å². The second-order valence-corrected chi connectivity index (χ2v) is 7.02. The van der Waals surface area contributed by atoms with Gasteiger partial charge in [0, 0.05) is 31.2 Å². The summed E-state index contributed by atoms with van der Waals surface area (Å²) in [7, 11) is 0. The predicted molar refractivity (Wildman–Crippen MR) is 88.0 cm³/mol. The van der Waals surface area contributed by atoms with E-state index in [4.69, 9.17) is 9.47 Å². The Kier molecular flexibility index (Phi) is 4.37. The van der Waals surface area contributed by atoms with E-state index in [-0.39, 0.29) is 24.2 Å². The number of aromatic amines is 1. The molecular formula is C17H24N4O4. The zero-order chi connectivity index (χ0) is 17.4. The monoisotopic (exact) mass is 348 g/mol. The Labute approximate surface area is 146 Å². The van der Waals surface area contributed by atoms with Crippen molar-refractivity contribution in [1.29, 1.82) is 0 Å². The maximum absolute atomic E-state index is 12.2. The molecule has 8 nitrogen and oxygen atoms in total. The second-order valence-electron chi connectivity index (χ2n) is 7.02. The van der Waals surface area contributed by atoms with Gasteiger partial charge < -0.3 is 9.47 Å². The van der Waals surface area contributed by atoms with E-state index in [0.717, 1.165) is 24.9 Å². The largest absolute Gasteiger partial charge is 0.461 e. The molecule has 136 valence electrons. The van der Waals surface area contributed by atoms with Gasteiger partial charge in [-0.15, -0.1) is 0 Å². The van der Waals surface area contributed by atoms with E-state index >= 15 is 0 Å². The lowest BCUT2D eigenvalue weighted by atomic mass is 10.1. The smallest absolute Gasteiger partial charge is 0.410 e. The summed E-state index contributed by atoms with van der Waals surface area (Å²) in [4.78, 5) is 28.4. The molecule has 1 N–H and O–H groups in total. The van der Waals surface area contributed by atoms with E-state index in [0.29, 0.717) is 31.4 Å². The normalized spacial score (nSPS) is 26.9. The van der Waals surface area contributed by atoms with Crippen LogP contribution in [0.15, 0.2) is 6.20 Å². The van der Waals surface area contributed by atoms with Crippen molar-refractivity contribution in [2.24, 2.45) is 0 Å². The summed E-state index contributed by atoms with van der Waals surface area (Å²) < 4.78 is 10.7. The molecule has 0 radical (unpaired) electrons. The van der Waals surface area contributed by atoms with E-state index in [2.05, 4.69) is 15.1 Å². The van der Waals surface area contributed by atoms with E-state index in [1.807, 2.05) is 4.90 Å². The van der Waals surface area contributed by atoms with Gasteiger partial charge in [-0.3, -0.25) is 14.9 Å². The van der Waals surface area contributed by atoms with Crippen LogP contribution in [-0.2, 0) is 16.0 Å². The van der Waals surface area contributed by atoms with Crippen molar-refractivity contribution in [3.05, 3.63) is 17.5 Å². The Morgan fingerprint density at radius 2 is 2.20 bits per heavy atom. The Balaban J connectivity index is 1.43. The number of carbonyl (C=O) groups is 2. The van der Waals surface area contributed by atoms with Crippen LogP contribution < -0.4 is 0 Å². The van der Waals surface area contributed by atoms with Crippen LogP contribution in [0.2, 0.25) is 0 Å². The van der Waals surface area contributed by atoms with Crippen LogP contribution in [0.4, 0.5) is 4.79 Å². The van der Waals surface area contributed by atoms with Crippen molar-refractivity contribution < 1.29 is 19.1 Å². The Morgan fingerprint density at radius 1 is 1.40 bits per heavy atom. The first-order valence-corrected chi connectivity index (χ1v) is 9.08. The van der Waals surface area contributed by atoms with Crippen LogP contribution in [0.25, 0.3) is 0 Å². The molecule has 1 aromatic rings. The number of likely N-dealkylation sites (tertiary alicyclic amines) is 1. The topological polar surface area (TPSA) is 87.8 Å². The van der Waals surface area contributed by atoms with Gasteiger partial charge in [0.05, 0.1) is 18.8 Å². The molecule has 1 aliphatic carbocycles. The SMILES string of the molecule is CCOC(=O)c1[nH]ncc1CN1C[C@@H]2OC(=O)N(C3CCCC3)[C@@H]2C1. The van der Waals surface area contributed by atoms with Gasteiger partial charge in [0.1, 0.15) is 11.8 Å². The minimum Gasteiger partial charge on any atom is -0.461 e. The molecule has 25 heavy (non-hydrogen) atoms. The van der Waals surface area contributed by atoms with Crippen molar-refractivity contribution in [2.75, 3.05) is 19.7 Å². The third-order valence-electron chi connectivity index (χ3n) is 5.44. The number of nitrogens with zero attached hydrogens (tertiary/aromatic N) is 3. The minimum absolute atomic E-state index is 0.0777. The van der Waals surface area contributed by atoms with Crippen LogP contribution in [0.3, 0.4) is 0 Å². The minimum atomic E-state index is -0.381. The fourth-order valence-corrected chi connectivity index (χ4v) is 4.32. The molecule has 3 aliphatic rings. The van der Waals surface area contributed by atoms with Gasteiger partial charge in [-0.2, -0.15) is 5.10 Å². The second kappa shape index (κ2) is 6.67. The molecule has 3 heterocycles. The van der Waals surface area contributed by atoms with Crippen molar-refractivity contribution in [1.82, 2.24) is 20.0 Å². The summed E-state index contributed by atoms with van der Waals surface area (Å²) in [6.45, 7) is 4.15. The summed E-state index contributed by atoms with van der Waals surface area (Å²) in [5, 5.41) is 6.71. The highest BCUT2D eigenvalue weighted by Gasteiger charge is 2.50. The molecule has 3 fully saturated rings. The number of esters is 1. The molecule has 2 atom stereocenters. The third kappa shape index (κ3) is 2.99. The average Bonchev–Trinajstić information content (AvgIpc) is 3.32. The van der Waals surface area contributed by atoms with Gasteiger partial charge in [-0.05, 0) is 19.8 Å². The summed E-state index contributed by atoms with van der Waals surface area (Å²) in [6, 6.07) is 0.444. The molecule has 8 heteroatoms. The third-order valence-corrected chi connectivity index (χ3v) is 5.44. The van der Waals surface area contributed by atoms with E-state index in [9.17, 15) is 9.59 Å². The zero-order valence-electron chi connectivity index (χ0n) is 14.4. The molecule has 1 aromatic heterocycles. The van der Waals surface area contributed by atoms with Gasteiger partial charge in [0.25, 0.3) is 0 Å². The van der Waals surface area contributed by atoms with Gasteiger partial charge in [0.2, 0.25) is 0 Å². The quantitative estimate of drug-likeness (QED) is 0.812. The number of hydrogen-bond acceptors (Lipinski definition) is 6. The lowest BCUT2D eigenvalue weighted by molar-refractivity contribution is 0.0517. The molecule has 2 aliphatic heterocycles. The van der Waals surface area contributed by atoms with Crippen LogP contribution in [0.1, 0.15) is 48.7 Å².